The average molecular weight is 310 g/mol. The molecule has 1 N–H and O–H groups in total. The van der Waals surface area contributed by atoms with Crippen molar-refractivity contribution in [2.75, 3.05) is 29.7 Å². The lowest BCUT2D eigenvalue weighted by atomic mass is 9.85. The number of hydrogen-bond donors (Lipinski definition) is 1. The summed E-state index contributed by atoms with van der Waals surface area (Å²) in [5, 5.41) is 3.71. The Hall–Kier alpha value is -0.320. The van der Waals surface area contributed by atoms with Crippen LogP contribution in [0.25, 0.3) is 0 Å². The molecule has 2 aliphatic heterocycles. The van der Waals surface area contributed by atoms with Crippen LogP contribution in [0.15, 0.2) is 29.2 Å². The summed E-state index contributed by atoms with van der Waals surface area (Å²) >= 11 is 3.86. The molecule has 1 aromatic carbocycles. The van der Waals surface area contributed by atoms with Crippen molar-refractivity contribution >= 4 is 29.2 Å². The molecule has 1 unspecified atom stereocenters. The zero-order chi connectivity index (χ0) is 13.8. The third-order valence-corrected chi connectivity index (χ3v) is 6.09. The van der Waals surface area contributed by atoms with Gasteiger partial charge in [0.05, 0.1) is 5.60 Å². The molecule has 1 atom stereocenters. The smallest absolute Gasteiger partial charge is 0.0717 e. The molecular weight excluding hydrogens is 286 g/mol. The lowest BCUT2D eigenvalue weighted by molar-refractivity contribution is -0.0865. The highest BCUT2D eigenvalue weighted by molar-refractivity contribution is 7.99. The van der Waals surface area contributed by atoms with Crippen molar-refractivity contribution in [3.8, 4) is 0 Å². The monoisotopic (exact) mass is 309 g/mol. The van der Waals surface area contributed by atoms with Crippen molar-refractivity contribution in [3.63, 3.8) is 0 Å². The van der Waals surface area contributed by atoms with E-state index in [1.807, 2.05) is 0 Å². The molecule has 2 saturated heterocycles. The van der Waals surface area contributed by atoms with Gasteiger partial charge in [0, 0.05) is 23.2 Å². The summed E-state index contributed by atoms with van der Waals surface area (Å²) in [5.74, 6) is 2.52. The van der Waals surface area contributed by atoms with E-state index in [0.29, 0.717) is 6.04 Å². The quantitative estimate of drug-likeness (QED) is 0.842. The van der Waals surface area contributed by atoms with Gasteiger partial charge < -0.3 is 10.1 Å². The molecule has 0 radical (unpaired) electrons. The number of benzene rings is 1. The minimum Gasteiger partial charge on any atom is -0.382 e. The normalized spacial score (nSPS) is 25.6. The highest BCUT2D eigenvalue weighted by Crippen LogP contribution is 2.38. The molecule has 0 aliphatic carbocycles. The summed E-state index contributed by atoms with van der Waals surface area (Å²) in [6, 6.07) is 9.35. The van der Waals surface area contributed by atoms with E-state index >= 15 is 0 Å². The summed E-state index contributed by atoms with van der Waals surface area (Å²) in [4.78, 5) is 1.32. The van der Waals surface area contributed by atoms with Gasteiger partial charge in [0.15, 0.2) is 0 Å². The molecule has 1 aromatic rings. The minimum absolute atomic E-state index is 0.167. The molecule has 2 aliphatic rings. The van der Waals surface area contributed by atoms with Gasteiger partial charge >= 0.3 is 0 Å². The van der Waals surface area contributed by atoms with Crippen LogP contribution in [0, 0.1) is 0 Å². The van der Waals surface area contributed by atoms with Crippen LogP contribution in [0.3, 0.4) is 0 Å². The third kappa shape index (κ3) is 3.46. The van der Waals surface area contributed by atoms with E-state index < -0.39 is 0 Å². The number of hydrogen-bond acceptors (Lipinski definition) is 4. The Kier molecular flexibility index (Phi) is 4.84. The summed E-state index contributed by atoms with van der Waals surface area (Å²) in [5.41, 5.74) is 1.41. The fraction of sp³-hybridized carbons (Fsp3) is 0.625. The van der Waals surface area contributed by atoms with E-state index in [0.717, 1.165) is 19.4 Å². The number of nitrogens with one attached hydrogen (secondary N) is 1. The van der Waals surface area contributed by atoms with Gasteiger partial charge in [-0.15, -0.1) is 11.8 Å². The fourth-order valence-corrected chi connectivity index (χ4v) is 4.81. The van der Waals surface area contributed by atoms with Gasteiger partial charge in [-0.05, 0) is 67.7 Å². The van der Waals surface area contributed by atoms with E-state index in [4.69, 9.17) is 4.74 Å². The van der Waals surface area contributed by atoms with Gasteiger partial charge in [0.2, 0.25) is 0 Å². The summed E-state index contributed by atoms with van der Waals surface area (Å²) in [6.07, 6.45) is 6.85. The molecule has 110 valence electrons. The van der Waals surface area contributed by atoms with Crippen LogP contribution in [-0.2, 0) is 4.74 Å². The highest BCUT2D eigenvalue weighted by Gasteiger charge is 2.38. The van der Waals surface area contributed by atoms with Gasteiger partial charge in [-0.3, -0.25) is 0 Å². The van der Waals surface area contributed by atoms with E-state index in [1.54, 1.807) is 11.8 Å². The highest BCUT2D eigenvalue weighted by atomic mass is 32.2. The fourth-order valence-electron chi connectivity index (χ4n) is 3.17. The maximum absolute atomic E-state index is 6.15. The van der Waals surface area contributed by atoms with Crippen molar-refractivity contribution in [1.29, 1.82) is 0 Å². The van der Waals surface area contributed by atoms with Crippen LogP contribution in [0.4, 0.5) is 5.69 Å². The second-order valence-corrected chi connectivity index (χ2v) is 7.81. The van der Waals surface area contributed by atoms with E-state index in [9.17, 15) is 0 Å². The van der Waals surface area contributed by atoms with Gasteiger partial charge in [0.25, 0.3) is 0 Å². The zero-order valence-electron chi connectivity index (χ0n) is 12.1. The minimum atomic E-state index is 0.167. The van der Waals surface area contributed by atoms with Gasteiger partial charge in [0.1, 0.15) is 0 Å². The van der Waals surface area contributed by atoms with Gasteiger partial charge in [-0.25, -0.2) is 0 Å². The molecule has 2 nitrogen and oxygen atoms in total. The molecule has 0 aromatic heterocycles. The number of rotatable bonds is 3. The summed E-state index contributed by atoms with van der Waals surface area (Å²) in [7, 11) is 0. The first-order valence-corrected chi connectivity index (χ1v) is 9.80. The standard InChI is InChI=1S/C16H23NOS2/c1-19-15-4-2-13(3-5-15)17-14-6-9-18-16(12-14)7-10-20-11-8-16/h2-5,14,17H,6-12H2,1H3. The number of anilines is 1. The van der Waals surface area contributed by atoms with Crippen LogP contribution in [0.1, 0.15) is 25.7 Å². The first-order chi connectivity index (χ1) is 9.80. The molecular formula is C16H23NOS2. The maximum Gasteiger partial charge on any atom is 0.0717 e. The van der Waals surface area contributed by atoms with Crippen molar-refractivity contribution in [2.45, 2.75) is 42.2 Å². The SMILES string of the molecule is CSc1ccc(NC2CCOC3(CCSCC3)C2)cc1. The largest absolute Gasteiger partial charge is 0.382 e. The predicted molar refractivity (Wildman–Crippen MR) is 90.1 cm³/mol. The lowest BCUT2D eigenvalue weighted by Gasteiger charge is -2.43. The molecule has 0 bridgehead atoms. The maximum atomic E-state index is 6.15. The van der Waals surface area contributed by atoms with Gasteiger partial charge in [-0.2, -0.15) is 11.8 Å². The topological polar surface area (TPSA) is 21.3 Å². The Morgan fingerprint density at radius 1 is 1.25 bits per heavy atom. The average Bonchev–Trinajstić information content (AvgIpc) is 2.49. The van der Waals surface area contributed by atoms with Gasteiger partial charge in [-0.1, -0.05) is 0 Å². The Morgan fingerprint density at radius 2 is 2.00 bits per heavy atom. The van der Waals surface area contributed by atoms with Crippen molar-refractivity contribution < 1.29 is 4.74 Å². The second-order valence-electron chi connectivity index (χ2n) is 5.71. The molecule has 0 saturated carbocycles. The van der Waals surface area contributed by atoms with E-state index in [1.165, 1.54) is 34.9 Å². The van der Waals surface area contributed by atoms with Crippen LogP contribution in [0.2, 0.25) is 0 Å². The Bertz CT molecular complexity index is 423. The molecule has 3 rings (SSSR count). The molecule has 2 heterocycles. The molecule has 0 amide bonds. The Morgan fingerprint density at radius 3 is 2.70 bits per heavy atom. The first kappa shape index (κ1) is 14.6. The number of ether oxygens (including phenoxy) is 1. The summed E-state index contributed by atoms with van der Waals surface area (Å²) < 4.78 is 6.15. The Balaban J connectivity index is 1.61. The van der Waals surface area contributed by atoms with Crippen LogP contribution in [0.5, 0.6) is 0 Å². The Labute approximate surface area is 130 Å². The predicted octanol–water partition coefficient (Wildman–Crippen LogP) is 4.27. The number of thioether (sulfide) groups is 2. The zero-order valence-corrected chi connectivity index (χ0v) is 13.7. The van der Waals surface area contributed by atoms with Crippen molar-refractivity contribution in [1.82, 2.24) is 0 Å². The molecule has 20 heavy (non-hydrogen) atoms. The molecule has 4 heteroatoms. The van der Waals surface area contributed by atoms with Crippen LogP contribution >= 0.6 is 23.5 Å². The van der Waals surface area contributed by atoms with Crippen molar-refractivity contribution in [3.05, 3.63) is 24.3 Å². The second kappa shape index (κ2) is 6.63. The van der Waals surface area contributed by atoms with E-state index in [2.05, 4.69) is 47.6 Å². The van der Waals surface area contributed by atoms with Crippen molar-refractivity contribution in [2.24, 2.45) is 0 Å². The molecule has 2 fully saturated rings. The van der Waals surface area contributed by atoms with Crippen LogP contribution in [-0.4, -0.2) is 36.0 Å². The summed E-state index contributed by atoms with van der Waals surface area (Å²) in [6.45, 7) is 0.908. The first-order valence-electron chi connectivity index (χ1n) is 7.42. The van der Waals surface area contributed by atoms with E-state index in [-0.39, 0.29) is 5.60 Å². The van der Waals surface area contributed by atoms with Crippen LogP contribution < -0.4 is 5.32 Å². The lowest BCUT2D eigenvalue weighted by Crippen LogP contribution is -2.46. The molecule has 1 spiro atoms. The third-order valence-electron chi connectivity index (χ3n) is 4.36.